The third-order valence-corrected chi connectivity index (χ3v) is 5.96. The zero-order valence-electron chi connectivity index (χ0n) is 19.5. The number of nitrogens with one attached hydrogen (secondary N) is 1. The second-order valence-electron chi connectivity index (χ2n) is 8.49. The van der Waals surface area contributed by atoms with Crippen molar-refractivity contribution < 1.29 is 19.0 Å². The first-order valence-corrected chi connectivity index (χ1v) is 11.9. The van der Waals surface area contributed by atoms with Crippen LogP contribution < -0.4 is 10.1 Å². The van der Waals surface area contributed by atoms with E-state index in [1.54, 1.807) is 7.11 Å². The molecule has 178 valence electrons. The number of rotatable bonds is 12. The molecule has 2 aromatic heterocycles. The van der Waals surface area contributed by atoms with Gasteiger partial charge < -0.3 is 19.5 Å². The summed E-state index contributed by atoms with van der Waals surface area (Å²) in [7, 11) is 1.65. The van der Waals surface area contributed by atoms with Crippen LogP contribution in [0.5, 0.6) is 5.75 Å². The summed E-state index contributed by atoms with van der Waals surface area (Å²) in [5.41, 5.74) is 2.43. The predicted octanol–water partition coefficient (Wildman–Crippen LogP) is 4.07. The Labute approximate surface area is 193 Å². The number of nitrogens with zero attached hydrogens (tertiary/aromatic N) is 4. The van der Waals surface area contributed by atoms with E-state index in [0.29, 0.717) is 31.1 Å². The smallest absolute Gasteiger partial charge is 0.306 e. The van der Waals surface area contributed by atoms with E-state index in [1.165, 1.54) is 12.8 Å². The molecule has 33 heavy (non-hydrogen) atoms. The Morgan fingerprint density at radius 1 is 1.15 bits per heavy atom. The third kappa shape index (κ3) is 5.90. The number of methoxy groups -OCH3 is 1. The maximum Gasteiger partial charge on any atom is 0.306 e. The first-order valence-electron chi connectivity index (χ1n) is 11.9. The largest absolute Gasteiger partial charge is 0.491 e. The van der Waals surface area contributed by atoms with Crippen LogP contribution in [0.15, 0.2) is 18.2 Å². The van der Waals surface area contributed by atoms with Gasteiger partial charge in [-0.3, -0.25) is 9.20 Å². The molecule has 0 amide bonds. The molecular formula is C24H33N5O4. The number of carbonyl (C=O) groups excluding carboxylic acids is 1. The Balaban J connectivity index is 1.33. The molecule has 1 saturated carbocycles. The highest BCUT2D eigenvalue weighted by molar-refractivity contribution is 5.84. The zero-order chi connectivity index (χ0) is 23.0. The number of aromatic nitrogens is 4. The fourth-order valence-corrected chi connectivity index (χ4v) is 4.24. The Bertz CT molecular complexity index is 1080. The second-order valence-corrected chi connectivity index (χ2v) is 8.49. The monoisotopic (exact) mass is 455 g/mol. The van der Waals surface area contributed by atoms with Crippen LogP contribution >= 0.6 is 0 Å². The van der Waals surface area contributed by atoms with E-state index in [2.05, 4.69) is 15.5 Å². The van der Waals surface area contributed by atoms with Crippen molar-refractivity contribution in [3.8, 4) is 5.75 Å². The number of hydrogen-bond donors (Lipinski definition) is 1. The number of carbonyl (C=O) groups is 1. The van der Waals surface area contributed by atoms with E-state index in [1.807, 2.05) is 29.5 Å². The quantitative estimate of drug-likeness (QED) is 0.322. The number of unbranched alkanes of at least 4 members (excludes halogenated alkanes) is 2. The number of anilines is 1. The Morgan fingerprint density at radius 3 is 2.82 bits per heavy atom. The fraction of sp³-hybridized carbons (Fsp3) is 0.583. The lowest BCUT2D eigenvalue weighted by Crippen LogP contribution is -2.14. The second kappa shape index (κ2) is 11.3. The number of ether oxygens (including phenoxy) is 3. The number of benzene rings is 1. The van der Waals surface area contributed by atoms with Crippen molar-refractivity contribution in [1.82, 2.24) is 19.6 Å². The number of fused-ring (bicyclic) bond motifs is 3. The van der Waals surface area contributed by atoms with Gasteiger partial charge in [0.25, 0.3) is 0 Å². The summed E-state index contributed by atoms with van der Waals surface area (Å²) >= 11 is 0. The van der Waals surface area contributed by atoms with Crippen LogP contribution in [-0.2, 0) is 14.3 Å². The fourth-order valence-electron chi connectivity index (χ4n) is 4.24. The molecule has 1 aliphatic rings. The van der Waals surface area contributed by atoms with Gasteiger partial charge in [0, 0.05) is 26.1 Å². The molecule has 0 bridgehead atoms. The van der Waals surface area contributed by atoms with Crippen molar-refractivity contribution in [2.75, 3.05) is 32.2 Å². The van der Waals surface area contributed by atoms with Crippen LogP contribution in [0.4, 0.5) is 5.82 Å². The molecule has 0 atom stereocenters. The van der Waals surface area contributed by atoms with Gasteiger partial charge in [-0.05, 0) is 57.6 Å². The van der Waals surface area contributed by atoms with Gasteiger partial charge in [-0.15, -0.1) is 10.2 Å². The van der Waals surface area contributed by atoms with Crippen molar-refractivity contribution in [2.45, 2.75) is 64.4 Å². The highest BCUT2D eigenvalue weighted by Crippen LogP contribution is 2.25. The molecule has 0 aliphatic heterocycles. The first-order chi connectivity index (χ1) is 16.2. The van der Waals surface area contributed by atoms with Gasteiger partial charge in [-0.2, -0.15) is 0 Å². The number of aryl methyl sites for hydroxylation is 1. The van der Waals surface area contributed by atoms with Crippen molar-refractivity contribution in [2.24, 2.45) is 0 Å². The summed E-state index contributed by atoms with van der Waals surface area (Å²) in [5.74, 6) is 2.18. The molecule has 0 unspecified atom stereocenters. The lowest BCUT2D eigenvalue weighted by molar-refractivity contribution is -0.148. The van der Waals surface area contributed by atoms with E-state index in [4.69, 9.17) is 19.2 Å². The molecular weight excluding hydrogens is 422 g/mol. The van der Waals surface area contributed by atoms with Gasteiger partial charge in [-0.1, -0.05) is 6.42 Å². The lowest BCUT2D eigenvalue weighted by atomic mass is 10.2. The average Bonchev–Trinajstić information content (AvgIpc) is 3.46. The molecule has 0 spiro atoms. The molecule has 9 nitrogen and oxygen atoms in total. The first kappa shape index (κ1) is 23.2. The summed E-state index contributed by atoms with van der Waals surface area (Å²) < 4.78 is 18.3. The number of esters is 1. The zero-order valence-corrected chi connectivity index (χ0v) is 19.5. The van der Waals surface area contributed by atoms with Crippen molar-refractivity contribution >= 4 is 28.5 Å². The van der Waals surface area contributed by atoms with E-state index in [0.717, 1.165) is 61.3 Å². The molecule has 0 saturated heterocycles. The topological polar surface area (TPSA) is 99.9 Å². The van der Waals surface area contributed by atoms with Crippen molar-refractivity contribution in [3.63, 3.8) is 0 Å². The maximum absolute atomic E-state index is 12.0. The van der Waals surface area contributed by atoms with E-state index in [-0.39, 0.29) is 12.1 Å². The summed E-state index contributed by atoms with van der Waals surface area (Å²) in [4.78, 5) is 16.7. The van der Waals surface area contributed by atoms with Crippen LogP contribution in [0.3, 0.4) is 0 Å². The summed E-state index contributed by atoms with van der Waals surface area (Å²) in [5, 5.41) is 12.0. The molecule has 4 rings (SSSR count). The minimum absolute atomic E-state index is 0.0600. The van der Waals surface area contributed by atoms with Crippen LogP contribution in [-0.4, -0.2) is 58.5 Å². The van der Waals surface area contributed by atoms with Gasteiger partial charge in [0.05, 0.1) is 17.6 Å². The lowest BCUT2D eigenvalue weighted by Gasteiger charge is -2.12. The van der Waals surface area contributed by atoms with E-state index in [9.17, 15) is 4.79 Å². The summed E-state index contributed by atoms with van der Waals surface area (Å²) in [6.45, 7) is 3.67. The predicted molar refractivity (Wildman–Crippen MR) is 126 cm³/mol. The van der Waals surface area contributed by atoms with E-state index < -0.39 is 0 Å². The Kier molecular flexibility index (Phi) is 7.93. The number of hydrogen-bond acceptors (Lipinski definition) is 8. The minimum Gasteiger partial charge on any atom is -0.491 e. The minimum atomic E-state index is -0.0600. The SMILES string of the molecule is COCCOc1ccc2c(c1)nc(NCCCCCC(=O)OC1CCCC1)c1nnc(C)n12. The van der Waals surface area contributed by atoms with Gasteiger partial charge >= 0.3 is 5.97 Å². The molecule has 1 N–H and O–H groups in total. The molecule has 0 radical (unpaired) electrons. The highest BCUT2D eigenvalue weighted by Gasteiger charge is 2.18. The summed E-state index contributed by atoms with van der Waals surface area (Å²) in [6, 6.07) is 5.82. The van der Waals surface area contributed by atoms with Crippen molar-refractivity contribution in [3.05, 3.63) is 24.0 Å². The molecule has 1 aromatic carbocycles. The van der Waals surface area contributed by atoms with Gasteiger partial charge in [0.1, 0.15) is 24.3 Å². The highest BCUT2D eigenvalue weighted by atomic mass is 16.5. The van der Waals surface area contributed by atoms with Crippen LogP contribution in [0, 0.1) is 6.92 Å². The molecule has 1 fully saturated rings. The van der Waals surface area contributed by atoms with E-state index >= 15 is 0 Å². The Morgan fingerprint density at radius 2 is 2.00 bits per heavy atom. The normalized spacial score (nSPS) is 14.2. The standard InChI is InChI=1S/C24H33N5O4/c1-17-27-28-24-23(25-13-7-3-4-10-22(30)33-18-8-5-6-9-18)26-20-16-19(32-15-14-31-2)11-12-21(20)29(17)24/h11-12,16,18H,3-10,13-15H2,1-2H3,(H,25,26). The average molecular weight is 456 g/mol. The molecule has 1 aliphatic carbocycles. The summed E-state index contributed by atoms with van der Waals surface area (Å²) in [6.07, 6.45) is 7.73. The van der Waals surface area contributed by atoms with Gasteiger partial charge in [0.15, 0.2) is 5.82 Å². The van der Waals surface area contributed by atoms with Gasteiger partial charge in [-0.25, -0.2) is 4.98 Å². The maximum atomic E-state index is 12.0. The van der Waals surface area contributed by atoms with Gasteiger partial charge in [0.2, 0.25) is 5.65 Å². The Hall–Kier alpha value is -2.94. The molecule has 3 aromatic rings. The van der Waals surface area contributed by atoms with Crippen LogP contribution in [0.2, 0.25) is 0 Å². The molecule has 9 heteroatoms. The van der Waals surface area contributed by atoms with Crippen LogP contribution in [0.1, 0.15) is 57.2 Å². The van der Waals surface area contributed by atoms with Crippen molar-refractivity contribution in [1.29, 1.82) is 0 Å². The van der Waals surface area contributed by atoms with Crippen LogP contribution in [0.25, 0.3) is 16.7 Å². The molecule has 2 heterocycles. The third-order valence-electron chi connectivity index (χ3n) is 5.96.